The van der Waals surface area contributed by atoms with Crippen molar-refractivity contribution in [3.8, 4) is 0 Å². The Morgan fingerprint density at radius 1 is 0.970 bits per heavy atom. The molecule has 0 bridgehead atoms. The number of H-pyrrole nitrogens is 1. The number of hydrogen-bond acceptors (Lipinski definition) is 5. The van der Waals surface area contributed by atoms with Crippen LogP contribution in [0.25, 0.3) is 16.6 Å². The molecule has 0 fully saturated rings. The van der Waals surface area contributed by atoms with Gasteiger partial charge in [-0.15, -0.1) is 15.3 Å². The first-order valence-corrected chi connectivity index (χ1v) is 10.7. The molecule has 0 atom stereocenters. The zero-order valence-electron chi connectivity index (χ0n) is 17.8. The maximum Gasteiger partial charge on any atom is 0.251 e. The van der Waals surface area contributed by atoms with Crippen LogP contribution in [0.3, 0.4) is 0 Å². The highest BCUT2D eigenvalue weighted by Gasteiger charge is 2.10. The van der Waals surface area contributed by atoms with Gasteiger partial charge < -0.3 is 15.6 Å². The number of nitrogens with one attached hydrogen (secondary N) is 3. The summed E-state index contributed by atoms with van der Waals surface area (Å²) in [5.74, 6) is 0.721. The number of aromatic amines is 1. The number of amides is 1. The van der Waals surface area contributed by atoms with E-state index >= 15 is 0 Å². The number of nitrogens with zero attached hydrogens (tertiary/aromatic N) is 4. The molecule has 2 aromatic carbocycles. The number of hydrogen-bond donors (Lipinski definition) is 3. The number of anilines is 1. The highest BCUT2D eigenvalue weighted by molar-refractivity contribution is 5.94. The molecule has 3 N–H and O–H groups in total. The van der Waals surface area contributed by atoms with Crippen LogP contribution in [-0.4, -0.2) is 43.8 Å². The fourth-order valence-corrected chi connectivity index (χ4v) is 3.74. The Kier molecular flexibility index (Phi) is 5.67. The minimum absolute atomic E-state index is 0.267. The van der Waals surface area contributed by atoms with Crippen molar-refractivity contribution < 1.29 is 9.18 Å². The van der Waals surface area contributed by atoms with Gasteiger partial charge in [-0.25, -0.2) is 4.39 Å². The van der Waals surface area contributed by atoms with Crippen molar-refractivity contribution in [2.75, 3.05) is 18.4 Å². The topological polar surface area (TPSA) is 100 Å². The summed E-state index contributed by atoms with van der Waals surface area (Å²) in [5, 5.41) is 20.3. The molecule has 0 aliphatic heterocycles. The maximum absolute atomic E-state index is 13.0. The van der Waals surface area contributed by atoms with E-state index in [2.05, 4.69) is 43.0 Å². The number of rotatable bonds is 8. The molecule has 33 heavy (non-hydrogen) atoms. The smallest absolute Gasteiger partial charge is 0.251 e. The fraction of sp³-hybridized carbons (Fsp3) is 0.167. The second-order valence-corrected chi connectivity index (χ2v) is 7.65. The Balaban J connectivity index is 1.19. The molecule has 0 aliphatic carbocycles. The lowest BCUT2D eigenvalue weighted by molar-refractivity contribution is 0.0954. The summed E-state index contributed by atoms with van der Waals surface area (Å²) in [6.45, 7) is 1.09. The summed E-state index contributed by atoms with van der Waals surface area (Å²) in [7, 11) is 0. The van der Waals surface area contributed by atoms with Crippen molar-refractivity contribution in [2.45, 2.75) is 12.8 Å². The molecule has 5 aromatic rings. The number of halogens is 1. The molecule has 3 aromatic heterocycles. The molecule has 9 heteroatoms. The van der Waals surface area contributed by atoms with Crippen LogP contribution in [0.4, 0.5) is 10.2 Å². The van der Waals surface area contributed by atoms with Crippen LogP contribution < -0.4 is 10.6 Å². The molecule has 0 radical (unpaired) electrons. The molecule has 0 saturated heterocycles. The second kappa shape index (κ2) is 9.07. The SMILES string of the molecule is O=C(NCCc1nnc2ccc(NCCc3c[nH]c4ccccc34)nn12)c1ccc(F)cc1. The highest BCUT2D eigenvalue weighted by atomic mass is 19.1. The van der Waals surface area contributed by atoms with Gasteiger partial charge in [0.05, 0.1) is 0 Å². The van der Waals surface area contributed by atoms with E-state index in [0.717, 1.165) is 24.3 Å². The van der Waals surface area contributed by atoms with Crippen molar-refractivity contribution in [1.29, 1.82) is 0 Å². The summed E-state index contributed by atoms with van der Waals surface area (Å²) in [6, 6.07) is 17.4. The molecule has 0 unspecified atom stereocenters. The van der Waals surface area contributed by atoms with Gasteiger partial charge in [0.25, 0.3) is 5.91 Å². The molecule has 166 valence electrons. The van der Waals surface area contributed by atoms with E-state index in [0.29, 0.717) is 30.0 Å². The van der Waals surface area contributed by atoms with Gasteiger partial charge in [0.15, 0.2) is 11.5 Å². The molecular weight excluding hydrogens is 421 g/mol. The maximum atomic E-state index is 13.0. The first-order valence-electron chi connectivity index (χ1n) is 10.7. The van der Waals surface area contributed by atoms with E-state index in [1.54, 1.807) is 4.52 Å². The van der Waals surface area contributed by atoms with E-state index in [-0.39, 0.29) is 11.7 Å². The van der Waals surface area contributed by atoms with Gasteiger partial charge in [-0.1, -0.05) is 18.2 Å². The largest absolute Gasteiger partial charge is 0.368 e. The number of fused-ring (bicyclic) bond motifs is 2. The monoisotopic (exact) mass is 443 g/mol. The van der Waals surface area contributed by atoms with Crippen molar-refractivity contribution in [3.63, 3.8) is 0 Å². The zero-order valence-corrected chi connectivity index (χ0v) is 17.8. The standard InChI is InChI=1S/C24H22FN7O/c25-18-7-5-16(6-8-18)24(33)27-14-12-23-30-29-22-10-9-21(31-32(22)23)26-13-11-17-15-28-20-4-2-1-3-19(17)20/h1-10,15,28H,11-14H2,(H,26,31)(H,27,33). The lowest BCUT2D eigenvalue weighted by Crippen LogP contribution is -2.26. The summed E-state index contributed by atoms with van der Waals surface area (Å²) in [4.78, 5) is 15.5. The number of benzene rings is 2. The molecule has 5 rings (SSSR count). The van der Waals surface area contributed by atoms with Gasteiger partial charge in [-0.3, -0.25) is 4.79 Å². The lowest BCUT2D eigenvalue weighted by Gasteiger charge is -2.07. The molecule has 3 heterocycles. The van der Waals surface area contributed by atoms with E-state index < -0.39 is 0 Å². The minimum atomic E-state index is -0.376. The quantitative estimate of drug-likeness (QED) is 0.341. The highest BCUT2D eigenvalue weighted by Crippen LogP contribution is 2.18. The van der Waals surface area contributed by atoms with Crippen LogP contribution in [0, 0.1) is 5.82 Å². The summed E-state index contributed by atoms with van der Waals surface area (Å²) >= 11 is 0. The third-order valence-corrected chi connectivity index (χ3v) is 5.44. The van der Waals surface area contributed by atoms with Gasteiger partial charge >= 0.3 is 0 Å². The van der Waals surface area contributed by atoms with Crippen LogP contribution in [-0.2, 0) is 12.8 Å². The number of carbonyl (C=O) groups excluding carboxylic acids is 1. The molecular formula is C24H22FN7O. The predicted octanol–water partition coefficient (Wildman–Crippen LogP) is 3.37. The Hall–Kier alpha value is -4.27. The lowest BCUT2D eigenvalue weighted by atomic mass is 10.1. The molecule has 1 amide bonds. The van der Waals surface area contributed by atoms with Crippen molar-refractivity contribution in [1.82, 2.24) is 30.1 Å². The van der Waals surface area contributed by atoms with Crippen molar-refractivity contribution in [2.24, 2.45) is 0 Å². The van der Waals surface area contributed by atoms with E-state index in [9.17, 15) is 9.18 Å². The van der Waals surface area contributed by atoms with Crippen LogP contribution in [0.1, 0.15) is 21.7 Å². The summed E-state index contributed by atoms with van der Waals surface area (Å²) in [5.41, 5.74) is 3.42. The number of para-hydroxylation sites is 1. The predicted molar refractivity (Wildman–Crippen MR) is 124 cm³/mol. The van der Waals surface area contributed by atoms with Crippen LogP contribution in [0.15, 0.2) is 66.9 Å². The van der Waals surface area contributed by atoms with E-state index in [1.807, 2.05) is 30.5 Å². The number of carbonyl (C=O) groups is 1. The molecule has 0 spiro atoms. The molecule has 0 saturated carbocycles. The van der Waals surface area contributed by atoms with Crippen LogP contribution in [0.5, 0.6) is 0 Å². The zero-order chi connectivity index (χ0) is 22.6. The van der Waals surface area contributed by atoms with Gasteiger partial charge in [-0.2, -0.15) is 4.52 Å². The van der Waals surface area contributed by atoms with Crippen LogP contribution in [0.2, 0.25) is 0 Å². The second-order valence-electron chi connectivity index (χ2n) is 7.65. The molecule has 8 nitrogen and oxygen atoms in total. The Labute approximate surface area is 188 Å². The van der Waals surface area contributed by atoms with Gasteiger partial charge in [0, 0.05) is 42.2 Å². The third-order valence-electron chi connectivity index (χ3n) is 5.44. The van der Waals surface area contributed by atoms with Gasteiger partial charge in [0.1, 0.15) is 11.6 Å². The average molecular weight is 443 g/mol. The normalized spacial score (nSPS) is 11.2. The Morgan fingerprint density at radius 2 is 1.82 bits per heavy atom. The van der Waals surface area contributed by atoms with Crippen molar-refractivity contribution in [3.05, 3.63) is 89.6 Å². The third kappa shape index (κ3) is 4.52. The average Bonchev–Trinajstić information content (AvgIpc) is 3.44. The minimum Gasteiger partial charge on any atom is -0.368 e. The Morgan fingerprint density at radius 3 is 2.70 bits per heavy atom. The van der Waals surface area contributed by atoms with Crippen LogP contribution >= 0.6 is 0 Å². The molecule has 0 aliphatic rings. The fourth-order valence-electron chi connectivity index (χ4n) is 3.74. The Bertz CT molecular complexity index is 1410. The first kappa shape index (κ1) is 20.6. The van der Waals surface area contributed by atoms with Gasteiger partial charge in [0.2, 0.25) is 0 Å². The van der Waals surface area contributed by atoms with E-state index in [4.69, 9.17) is 0 Å². The number of aromatic nitrogens is 5. The van der Waals surface area contributed by atoms with E-state index in [1.165, 1.54) is 35.2 Å². The van der Waals surface area contributed by atoms with Gasteiger partial charge in [-0.05, 0) is 54.4 Å². The summed E-state index contributed by atoms with van der Waals surface area (Å²) < 4.78 is 14.7. The summed E-state index contributed by atoms with van der Waals surface area (Å²) in [6.07, 6.45) is 3.36. The first-order chi connectivity index (χ1) is 16.2. The van der Waals surface area contributed by atoms with Crippen molar-refractivity contribution >= 4 is 28.3 Å².